The van der Waals surface area contributed by atoms with Crippen LogP contribution >= 0.6 is 0 Å². The zero-order chi connectivity index (χ0) is 9.90. The minimum Gasteiger partial charge on any atom is -0.383 e. The van der Waals surface area contributed by atoms with Gasteiger partial charge in [-0.15, -0.1) is 0 Å². The van der Waals surface area contributed by atoms with E-state index in [2.05, 4.69) is 10.2 Å². The van der Waals surface area contributed by atoms with Gasteiger partial charge >= 0.3 is 6.18 Å². The van der Waals surface area contributed by atoms with Crippen LogP contribution in [0.15, 0.2) is 18.3 Å². The summed E-state index contributed by atoms with van der Waals surface area (Å²) in [7, 11) is 0. The first-order valence-corrected chi connectivity index (χ1v) is 3.51. The van der Waals surface area contributed by atoms with Gasteiger partial charge in [0.25, 0.3) is 0 Å². The average molecular weight is 192 g/mol. The Hall–Kier alpha value is -1.17. The molecule has 0 aliphatic carbocycles. The molecular formula is C7H7F3N2O. The maximum atomic E-state index is 11.8. The Kier molecular flexibility index (Phi) is 2.82. The Labute approximate surface area is 72.2 Å². The summed E-state index contributed by atoms with van der Waals surface area (Å²) in [6, 6.07) is 2.84. The second-order valence-electron chi connectivity index (χ2n) is 2.48. The zero-order valence-electron chi connectivity index (χ0n) is 6.49. The molecule has 13 heavy (non-hydrogen) atoms. The van der Waals surface area contributed by atoms with Crippen molar-refractivity contribution in [1.82, 2.24) is 10.2 Å². The number of nitrogens with zero attached hydrogens (tertiary/aromatic N) is 2. The van der Waals surface area contributed by atoms with Crippen LogP contribution in [0.5, 0.6) is 0 Å². The number of aliphatic hydroxyl groups excluding tert-OH is 1. The van der Waals surface area contributed by atoms with Crippen LogP contribution in [0.3, 0.4) is 0 Å². The van der Waals surface area contributed by atoms with Crippen LogP contribution in [0.2, 0.25) is 0 Å². The highest BCUT2D eigenvalue weighted by atomic mass is 19.4. The molecular weight excluding hydrogens is 185 g/mol. The van der Waals surface area contributed by atoms with Gasteiger partial charge in [0.15, 0.2) is 6.10 Å². The van der Waals surface area contributed by atoms with E-state index in [0.717, 1.165) is 0 Å². The molecule has 1 rings (SSSR count). The Bertz CT molecular complexity index is 262. The fourth-order valence-electron chi connectivity index (χ4n) is 0.756. The lowest BCUT2D eigenvalue weighted by atomic mass is 10.2. The molecule has 0 saturated carbocycles. The van der Waals surface area contributed by atoms with Crippen LogP contribution in [0, 0.1) is 0 Å². The number of hydrogen-bond acceptors (Lipinski definition) is 3. The predicted octanol–water partition coefficient (Wildman–Crippen LogP) is 0.942. The minimum absolute atomic E-state index is 0.118. The normalized spacial score (nSPS) is 14.2. The predicted molar refractivity (Wildman–Crippen MR) is 37.8 cm³/mol. The fraction of sp³-hybridized carbons (Fsp3) is 0.429. The first-order chi connectivity index (χ1) is 6.00. The van der Waals surface area contributed by atoms with Crippen LogP contribution in [0.1, 0.15) is 5.69 Å². The molecule has 3 nitrogen and oxygen atoms in total. The maximum Gasteiger partial charge on any atom is 0.414 e. The van der Waals surface area contributed by atoms with Crippen molar-refractivity contribution in [2.75, 3.05) is 0 Å². The number of aromatic nitrogens is 2. The molecule has 0 amide bonds. The molecule has 0 saturated heterocycles. The molecule has 72 valence electrons. The topological polar surface area (TPSA) is 46.0 Å². The standard InChI is InChI=1S/C7H7F3N2O/c8-7(9,10)6(13)4-5-2-1-3-11-12-5/h1-3,6,13H,4H2/t6-/m0/s1. The molecule has 0 aliphatic rings. The first-order valence-electron chi connectivity index (χ1n) is 3.51. The molecule has 0 radical (unpaired) electrons. The van der Waals surface area contributed by atoms with Crippen molar-refractivity contribution >= 4 is 0 Å². The van der Waals surface area contributed by atoms with Crippen molar-refractivity contribution in [2.24, 2.45) is 0 Å². The minimum atomic E-state index is -4.60. The van der Waals surface area contributed by atoms with Gasteiger partial charge in [0, 0.05) is 12.6 Å². The smallest absolute Gasteiger partial charge is 0.383 e. The Morgan fingerprint density at radius 3 is 2.62 bits per heavy atom. The van der Waals surface area contributed by atoms with Gasteiger partial charge < -0.3 is 5.11 Å². The van der Waals surface area contributed by atoms with Crippen molar-refractivity contribution in [3.63, 3.8) is 0 Å². The quantitative estimate of drug-likeness (QED) is 0.758. The molecule has 1 aromatic heterocycles. The second-order valence-corrected chi connectivity index (χ2v) is 2.48. The highest BCUT2D eigenvalue weighted by Crippen LogP contribution is 2.21. The van der Waals surface area contributed by atoms with Crippen LogP contribution in [0.4, 0.5) is 13.2 Å². The van der Waals surface area contributed by atoms with Crippen molar-refractivity contribution in [2.45, 2.75) is 18.7 Å². The van der Waals surface area contributed by atoms with E-state index in [1.54, 1.807) is 0 Å². The number of aliphatic hydroxyl groups is 1. The number of alkyl halides is 3. The van der Waals surface area contributed by atoms with Crippen molar-refractivity contribution in [3.05, 3.63) is 24.0 Å². The molecule has 0 fully saturated rings. The molecule has 6 heteroatoms. The van der Waals surface area contributed by atoms with E-state index in [-0.39, 0.29) is 5.69 Å². The zero-order valence-corrected chi connectivity index (χ0v) is 6.49. The van der Waals surface area contributed by atoms with E-state index in [1.165, 1.54) is 18.3 Å². The van der Waals surface area contributed by atoms with Crippen LogP contribution in [-0.2, 0) is 6.42 Å². The van der Waals surface area contributed by atoms with Gasteiger partial charge in [0.05, 0.1) is 5.69 Å². The molecule has 0 aromatic carbocycles. The number of hydrogen-bond donors (Lipinski definition) is 1. The fourth-order valence-corrected chi connectivity index (χ4v) is 0.756. The highest BCUT2D eigenvalue weighted by Gasteiger charge is 2.38. The largest absolute Gasteiger partial charge is 0.414 e. The summed E-state index contributed by atoms with van der Waals surface area (Å²) in [5.74, 6) is 0. The number of rotatable bonds is 2. The third-order valence-corrected chi connectivity index (χ3v) is 1.41. The molecule has 1 aromatic rings. The Balaban J connectivity index is 2.61. The maximum absolute atomic E-state index is 11.8. The summed E-state index contributed by atoms with van der Waals surface area (Å²) >= 11 is 0. The lowest BCUT2D eigenvalue weighted by Gasteiger charge is -2.12. The molecule has 1 N–H and O–H groups in total. The summed E-state index contributed by atoms with van der Waals surface area (Å²) in [6.45, 7) is 0. The molecule has 0 unspecified atom stereocenters. The Morgan fingerprint density at radius 2 is 2.15 bits per heavy atom. The monoisotopic (exact) mass is 192 g/mol. The highest BCUT2D eigenvalue weighted by molar-refractivity contribution is 5.01. The first kappa shape index (κ1) is 9.91. The summed E-state index contributed by atoms with van der Waals surface area (Å²) in [6.07, 6.45) is -6.18. The van der Waals surface area contributed by atoms with E-state index >= 15 is 0 Å². The van der Waals surface area contributed by atoms with E-state index in [9.17, 15) is 13.2 Å². The van der Waals surface area contributed by atoms with Crippen molar-refractivity contribution < 1.29 is 18.3 Å². The van der Waals surface area contributed by atoms with Gasteiger partial charge in [0.1, 0.15) is 0 Å². The Morgan fingerprint density at radius 1 is 1.46 bits per heavy atom. The van der Waals surface area contributed by atoms with Crippen LogP contribution < -0.4 is 0 Å². The van der Waals surface area contributed by atoms with E-state index in [1.807, 2.05) is 0 Å². The van der Waals surface area contributed by atoms with Gasteiger partial charge in [0.2, 0.25) is 0 Å². The van der Waals surface area contributed by atoms with Crippen molar-refractivity contribution in [3.8, 4) is 0 Å². The summed E-state index contributed by atoms with van der Waals surface area (Å²) in [4.78, 5) is 0. The van der Waals surface area contributed by atoms with Crippen molar-refractivity contribution in [1.29, 1.82) is 0 Å². The SMILES string of the molecule is O[C@@H](Cc1cccnn1)C(F)(F)F. The number of halogens is 3. The second kappa shape index (κ2) is 3.69. The van der Waals surface area contributed by atoms with Gasteiger partial charge in [-0.3, -0.25) is 0 Å². The van der Waals surface area contributed by atoms with Gasteiger partial charge in [-0.25, -0.2) is 0 Å². The van der Waals surface area contributed by atoms with Gasteiger partial charge in [-0.05, 0) is 12.1 Å². The lowest BCUT2D eigenvalue weighted by molar-refractivity contribution is -0.203. The van der Waals surface area contributed by atoms with E-state index in [0.29, 0.717) is 0 Å². The van der Waals surface area contributed by atoms with Gasteiger partial charge in [-0.2, -0.15) is 23.4 Å². The lowest BCUT2D eigenvalue weighted by Crippen LogP contribution is -2.30. The third kappa shape index (κ3) is 2.98. The molecule has 1 heterocycles. The molecule has 0 bridgehead atoms. The average Bonchev–Trinajstić information content (AvgIpc) is 2.04. The molecule has 0 spiro atoms. The summed E-state index contributed by atoms with van der Waals surface area (Å²) in [5, 5.41) is 15.5. The summed E-state index contributed by atoms with van der Waals surface area (Å²) < 4.78 is 35.5. The van der Waals surface area contributed by atoms with Crippen LogP contribution in [-0.4, -0.2) is 27.6 Å². The van der Waals surface area contributed by atoms with E-state index in [4.69, 9.17) is 5.11 Å². The molecule has 1 atom stereocenters. The third-order valence-electron chi connectivity index (χ3n) is 1.41. The van der Waals surface area contributed by atoms with Crippen LogP contribution in [0.25, 0.3) is 0 Å². The van der Waals surface area contributed by atoms with Gasteiger partial charge in [-0.1, -0.05) is 0 Å². The summed E-state index contributed by atoms with van der Waals surface area (Å²) in [5.41, 5.74) is 0.118. The molecule has 0 aliphatic heterocycles. The van der Waals surface area contributed by atoms with E-state index < -0.39 is 18.7 Å².